The first-order valence-corrected chi connectivity index (χ1v) is 9.91. The summed E-state index contributed by atoms with van der Waals surface area (Å²) >= 11 is 0. The van der Waals surface area contributed by atoms with Crippen molar-refractivity contribution >= 4 is 11.9 Å². The summed E-state index contributed by atoms with van der Waals surface area (Å²) in [6.45, 7) is 7.62. The number of nitrogens with one attached hydrogen (secondary N) is 2. The van der Waals surface area contributed by atoms with Crippen molar-refractivity contribution in [1.82, 2.24) is 15.5 Å². The van der Waals surface area contributed by atoms with E-state index in [4.69, 9.17) is 4.42 Å². The van der Waals surface area contributed by atoms with Gasteiger partial charge in [-0.15, -0.1) is 0 Å². The smallest absolute Gasteiger partial charge is 0.317 e. The molecule has 0 bridgehead atoms. The molecule has 28 heavy (non-hydrogen) atoms. The minimum Gasteiger partial charge on any atom is -0.465 e. The number of hydrogen-bond donors (Lipinski definition) is 2. The predicted molar refractivity (Wildman–Crippen MR) is 108 cm³/mol. The average Bonchev–Trinajstić information content (AvgIpc) is 3.11. The van der Waals surface area contributed by atoms with Crippen molar-refractivity contribution in [2.75, 3.05) is 13.1 Å². The van der Waals surface area contributed by atoms with Crippen LogP contribution in [-0.4, -0.2) is 36.0 Å². The first-order chi connectivity index (χ1) is 13.4. The van der Waals surface area contributed by atoms with Gasteiger partial charge >= 0.3 is 6.03 Å². The van der Waals surface area contributed by atoms with E-state index < -0.39 is 0 Å². The second-order valence-electron chi connectivity index (χ2n) is 7.71. The quantitative estimate of drug-likeness (QED) is 0.824. The fourth-order valence-electron chi connectivity index (χ4n) is 3.56. The molecule has 1 aromatic heterocycles. The van der Waals surface area contributed by atoms with Crippen molar-refractivity contribution in [2.45, 2.75) is 52.1 Å². The highest BCUT2D eigenvalue weighted by Crippen LogP contribution is 2.27. The van der Waals surface area contributed by atoms with Crippen molar-refractivity contribution in [2.24, 2.45) is 0 Å². The van der Waals surface area contributed by atoms with Crippen LogP contribution >= 0.6 is 0 Å². The zero-order chi connectivity index (χ0) is 20.1. The molecule has 6 nitrogen and oxygen atoms in total. The molecule has 0 aliphatic carbocycles. The van der Waals surface area contributed by atoms with E-state index in [2.05, 4.69) is 10.6 Å². The van der Waals surface area contributed by atoms with E-state index in [-0.39, 0.29) is 23.9 Å². The highest BCUT2D eigenvalue weighted by atomic mass is 16.3. The van der Waals surface area contributed by atoms with Crippen LogP contribution in [0.1, 0.15) is 60.0 Å². The van der Waals surface area contributed by atoms with Gasteiger partial charge in [0.05, 0.1) is 6.54 Å². The summed E-state index contributed by atoms with van der Waals surface area (Å²) in [6, 6.07) is 11.6. The number of nitrogens with zero attached hydrogens (tertiary/aromatic N) is 1. The van der Waals surface area contributed by atoms with Crippen LogP contribution in [0.15, 0.2) is 40.8 Å². The molecule has 1 aliphatic rings. The van der Waals surface area contributed by atoms with E-state index in [0.29, 0.717) is 18.7 Å². The Morgan fingerprint density at radius 1 is 1.25 bits per heavy atom. The number of hydrogen-bond acceptors (Lipinski definition) is 3. The summed E-state index contributed by atoms with van der Waals surface area (Å²) in [5.74, 6) is 1.68. The van der Waals surface area contributed by atoms with Gasteiger partial charge in [-0.1, -0.05) is 12.1 Å². The molecule has 2 N–H and O–H groups in total. The Balaban J connectivity index is 1.63. The maximum Gasteiger partial charge on any atom is 0.317 e. The predicted octanol–water partition coefficient (Wildman–Crippen LogP) is 3.82. The van der Waals surface area contributed by atoms with Gasteiger partial charge in [0.15, 0.2) is 0 Å². The lowest BCUT2D eigenvalue weighted by atomic mass is 9.89. The first-order valence-electron chi connectivity index (χ1n) is 9.91. The number of benzene rings is 1. The lowest BCUT2D eigenvalue weighted by Crippen LogP contribution is -2.47. The van der Waals surface area contributed by atoms with E-state index in [9.17, 15) is 9.59 Å². The van der Waals surface area contributed by atoms with Crippen molar-refractivity contribution in [1.29, 1.82) is 0 Å². The summed E-state index contributed by atoms with van der Waals surface area (Å²) in [7, 11) is 0. The monoisotopic (exact) mass is 383 g/mol. The summed E-state index contributed by atoms with van der Waals surface area (Å²) in [6.07, 6.45) is 1.98. The molecule has 3 rings (SSSR count). The molecule has 0 spiro atoms. The van der Waals surface area contributed by atoms with Crippen LogP contribution in [0.5, 0.6) is 0 Å². The van der Waals surface area contributed by atoms with Crippen molar-refractivity contribution in [3.05, 3.63) is 59.0 Å². The summed E-state index contributed by atoms with van der Waals surface area (Å²) < 4.78 is 5.49. The second kappa shape index (κ2) is 8.95. The van der Waals surface area contributed by atoms with Crippen LogP contribution in [0.25, 0.3) is 0 Å². The summed E-state index contributed by atoms with van der Waals surface area (Å²) in [5.41, 5.74) is 1.73. The molecule has 1 unspecified atom stereocenters. The van der Waals surface area contributed by atoms with Crippen LogP contribution in [0.3, 0.4) is 0 Å². The number of piperidine rings is 1. The Kier molecular flexibility index (Phi) is 6.39. The van der Waals surface area contributed by atoms with Crippen LogP contribution in [0, 0.1) is 6.92 Å². The van der Waals surface area contributed by atoms with Crippen molar-refractivity contribution < 1.29 is 14.0 Å². The number of carbonyl (C=O) groups is 2. The number of aryl methyl sites for hydroxylation is 1. The number of likely N-dealkylation sites (tertiary alicyclic amines) is 1. The second-order valence-corrected chi connectivity index (χ2v) is 7.71. The number of rotatable bonds is 5. The van der Waals surface area contributed by atoms with Crippen LogP contribution in [-0.2, 0) is 6.54 Å². The van der Waals surface area contributed by atoms with E-state index in [0.717, 1.165) is 36.5 Å². The topological polar surface area (TPSA) is 74.6 Å². The third-order valence-corrected chi connectivity index (χ3v) is 4.96. The zero-order valence-electron chi connectivity index (χ0n) is 16.8. The molecular weight excluding hydrogens is 354 g/mol. The van der Waals surface area contributed by atoms with Gasteiger partial charge in [-0.05, 0) is 63.4 Å². The van der Waals surface area contributed by atoms with Gasteiger partial charge in [-0.3, -0.25) is 4.79 Å². The fourth-order valence-corrected chi connectivity index (χ4v) is 3.56. The van der Waals surface area contributed by atoms with Gasteiger partial charge < -0.3 is 20.0 Å². The van der Waals surface area contributed by atoms with E-state index in [1.165, 1.54) is 0 Å². The number of amides is 3. The fraction of sp³-hybridized carbons (Fsp3) is 0.455. The molecule has 1 aliphatic heterocycles. The largest absolute Gasteiger partial charge is 0.465 e. The number of urea groups is 1. The lowest BCUT2D eigenvalue weighted by molar-refractivity contribution is 0.0947. The molecule has 150 valence electrons. The maximum absolute atomic E-state index is 12.5. The summed E-state index contributed by atoms with van der Waals surface area (Å²) in [4.78, 5) is 26.7. The zero-order valence-corrected chi connectivity index (χ0v) is 16.8. The van der Waals surface area contributed by atoms with E-state index in [1.54, 1.807) is 0 Å². The Labute approximate surface area is 166 Å². The molecule has 6 heteroatoms. The van der Waals surface area contributed by atoms with E-state index >= 15 is 0 Å². The third-order valence-electron chi connectivity index (χ3n) is 4.96. The van der Waals surface area contributed by atoms with Gasteiger partial charge in [0.1, 0.15) is 11.5 Å². The third kappa shape index (κ3) is 5.15. The number of carbonyl (C=O) groups excluding carboxylic acids is 2. The van der Waals surface area contributed by atoms with Gasteiger partial charge in [0.2, 0.25) is 0 Å². The average molecular weight is 383 g/mol. The Bertz CT molecular complexity index is 828. The molecular formula is C22H29N3O3. The minimum absolute atomic E-state index is 0.0117. The van der Waals surface area contributed by atoms with Crippen LogP contribution in [0.2, 0.25) is 0 Å². The molecule has 1 fully saturated rings. The molecule has 0 saturated carbocycles. The molecule has 3 amide bonds. The van der Waals surface area contributed by atoms with Gasteiger partial charge in [0.25, 0.3) is 5.91 Å². The molecule has 1 aromatic carbocycles. The van der Waals surface area contributed by atoms with Crippen LogP contribution in [0.4, 0.5) is 4.79 Å². The molecule has 2 aromatic rings. The Morgan fingerprint density at radius 3 is 2.79 bits per heavy atom. The van der Waals surface area contributed by atoms with Crippen LogP contribution < -0.4 is 10.6 Å². The first kappa shape index (κ1) is 20.0. The van der Waals surface area contributed by atoms with Gasteiger partial charge in [-0.25, -0.2) is 4.79 Å². The standard InChI is InChI=1S/C22H29N3O3/c1-15(2)24-22(27)25-11-5-8-19(14-25)17-6-4-7-18(12-17)21(26)23-13-20-10-9-16(3)28-20/h4,6-7,9-10,12,15,19H,5,8,11,13-14H2,1-3H3,(H,23,26)(H,24,27). The maximum atomic E-state index is 12.5. The molecule has 1 saturated heterocycles. The minimum atomic E-state index is -0.124. The SMILES string of the molecule is Cc1ccc(CNC(=O)c2cccc(C3CCCN(C(=O)NC(C)C)C3)c2)o1. The van der Waals surface area contributed by atoms with Crippen molar-refractivity contribution in [3.63, 3.8) is 0 Å². The van der Waals surface area contributed by atoms with Gasteiger partial charge in [-0.2, -0.15) is 0 Å². The van der Waals surface area contributed by atoms with Gasteiger partial charge in [0, 0.05) is 30.6 Å². The molecule has 1 atom stereocenters. The molecule has 2 heterocycles. The van der Waals surface area contributed by atoms with Crippen molar-refractivity contribution in [3.8, 4) is 0 Å². The Morgan fingerprint density at radius 2 is 2.07 bits per heavy atom. The van der Waals surface area contributed by atoms with E-state index in [1.807, 2.05) is 62.1 Å². The number of furan rings is 1. The lowest BCUT2D eigenvalue weighted by Gasteiger charge is -2.33. The normalized spacial score (nSPS) is 16.9. The highest BCUT2D eigenvalue weighted by Gasteiger charge is 2.25. The molecule has 0 radical (unpaired) electrons. The summed E-state index contributed by atoms with van der Waals surface area (Å²) in [5, 5.41) is 5.86. The Hall–Kier alpha value is -2.76. The highest BCUT2D eigenvalue weighted by molar-refractivity contribution is 5.94.